The fourth-order valence-electron chi connectivity index (χ4n) is 2.96. The summed E-state index contributed by atoms with van der Waals surface area (Å²) in [6.07, 6.45) is 3.36. The van der Waals surface area contributed by atoms with Gasteiger partial charge in [0.1, 0.15) is 0 Å². The molecule has 1 saturated heterocycles. The third-order valence-electron chi connectivity index (χ3n) is 4.12. The lowest BCUT2D eigenvalue weighted by Crippen LogP contribution is -2.26. The van der Waals surface area contributed by atoms with Crippen molar-refractivity contribution in [1.29, 1.82) is 0 Å². The second kappa shape index (κ2) is 7.31. The van der Waals surface area contributed by atoms with Crippen LogP contribution in [0.1, 0.15) is 36.2 Å². The molecule has 7 heteroatoms. The van der Waals surface area contributed by atoms with E-state index < -0.39 is 10.8 Å². The molecule has 1 aliphatic rings. The third-order valence-corrected chi connectivity index (χ3v) is 5.44. The normalized spacial score (nSPS) is 19.7. The van der Waals surface area contributed by atoms with Gasteiger partial charge in [-0.15, -0.1) is 5.10 Å². The number of hydrogen-bond donors (Lipinski definition) is 0. The Hall–Kier alpha value is -1.60. The summed E-state index contributed by atoms with van der Waals surface area (Å²) in [5, 5.41) is 12.0. The van der Waals surface area contributed by atoms with Crippen LogP contribution in [0, 0.1) is 13.8 Å². The highest BCUT2D eigenvalue weighted by molar-refractivity contribution is 7.84. The van der Waals surface area contributed by atoms with Gasteiger partial charge in [-0.3, -0.25) is 4.21 Å². The van der Waals surface area contributed by atoms with Gasteiger partial charge in [-0.25, -0.2) is 0 Å². The van der Waals surface area contributed by atoms with Crippen molar-refractivity contribution in [3.8, 4) is 5.69 Å². The summed E-state index contributed by atoms with van der Waals surface area (Å²) in [5.41, 5.74) is 3.17. The molecule has 0 saturated carbocycles. The first-order valence-electron chi connectivity index (χ1n) is 7.95. The first kappa shape index (κ1) is 16.3. The lowest BCUT2D eigenvalue weighted by atomic mass is 10.1. The van der Waals surface area contributed by atoms with Gasteiger partial charge in [-0.2, -0.15) is 4.68 Å². The van der Waals surface area contributed by atoms with E-state index in [0.717, 1.165) is 42.7 Å². The molecule has 6 nitrogen and oxygen atoms in total. The van der Waals surface area contributed by atoms with Gasteiger partial charge in [0, 0.05) is 17.4 Å². The zero-order chi connectivity index (χ0) is 16.2. The Morgan fingerprint density at radius 2 is 2.09 bits per heavy atom. The second-order valence-electron chi connectivity index (χ2n) is 5.99. The van der Waals surface area contributed by atoms with Crippen LogP contribution in [0.4, 0.5) is 0 Å². The number of aryl methyl sites for hydroxylation is 2. The van der Waals surface area contributed by atoms with Crippen LogP contribution in [0.3, 0.4) is 0 Å². The van der Waals surface area contributed by atoms with Gasteiger partial charge in [0.05, 0.1) is 23.3 Å². The average molecular weight is 334 g/mol. The number of tetrazole rings is 1. The SMILES string of the molecule is Cc1cccc(C)c1-n1nnnc1C[S@](=O)C[C@H]1CCCCO1. The van der Waals surface area contributed by atoms with Gasteiger partial charge in [0.25, 0.3) is 0 Å². The summed E-state index contributed by atoms with van der Waals surface area (Å²) < 4.78 is 19.8. The summed E-state index contributed by atoms with van der Waals surface area (Å²) >= 11 is 0. The molecule has 1 aliphatic heterocycles. The lowest BCUT2D eigenvalue weighted by Gasteiger charge is -2.21. The van der Waals surface area contributed by atoms with E-state index in [1.54, 1.807) is 4.68 Å². The van der Waals surface area contributed by atoms with Gasteiger partial charge in [0.2, 0.25) is 0 Å². The van der Waals surface area contributed by atoms with Gasteiger partial charge in [0.15, 0.2) is 5.82 Å². The fraction of sp³-hybridized carbons (Fsp3) is 0.562. The largest absolute Gasteiger partial charge is 0.377 e. The van der Waals surface area contributed by atoms with E-state index in [1.165, 1.54) is 0 Å². The van der Waals surface area contributed by atoms with E-state index in [9.17, 15) is 4.21 Å². The molecule has 0 N–H and O–H groups in total. The molecular weight excluding hydrogens is 312 g/mol. The standard InChI is InChI=1S/C16H22N4O2S/c1-12-6-5-7-13(2)16(12)20-15(17-18-19-20)11-23(21)10-14-8-3-4-9-22-14/h5-7,14H,3-4,8-11H2,1-2H3/t14-,23-/m1/s1. The van der Waals surface area contributed by atoms with Gasteiger partial charge in [-0.1, -0.05) is 18.2 Å². The summed E-state index contributed by atoms with van der Waals surface area (Å²) in [5.74, 6) is 1.54. The lowest BCUT2D eigenvalue weighted by molar-refractivity contribution is 0.0310. The molecule has 1 aromatic carbocycles. The molecular formula is C16H22N4O2S. The highest BCUT2D eigenvalue weighted by atomic mass is 32.2. The molecule has 0 spiro atoms. The Morgan fingerprint density at radius 3 is 2.78 bits per heavy atom. The number of para-hydroxylation sites is 1. The highest BCUT2D eigenvalue weighted by Crippen LogP contribution is 2.20. The minimum Gasteiger partial charge on any atom is -0.377 e. The van der Waals surface area contributed by atoms with Crippen LogP contribution < -0.4 is 0 Å². The summed E-state index contributed by atoms with van der Waals surface area (Å²) in [6.45, 7) is 4.84. The first-order valence-corrected chi connectivity index (χ1v) is 9.44. The molecule has 0 aliphatic carbocycles. The molecule has 2 aromatic rings. The Kier molecular flexibility index (Phi) is 5.17. The Labute approximate surface area is 138 Å². The molecule has 124 valence electrons. The summed E-state index contributed by atoms with van der Waals surface area (Å²) in [7, 11) is -1.03. The maximum absolute atomic E-state index is 12.5. The Balaban J connectivity index is 1.75. The van der Waals surface area contributed by atoms with Crippen molar-refractivity contribution in [3.63, 3.8) is 0 Å². The van der Waals surface area contributed by atoms with Crippen molar-refractivity contribution in [3.05, 3.63) is 35.2 Å². The van der Waals surface area contributed by atoms with Crippen molar-refractivity contribution in [2.45, 2.75) is 45.0 Å². The molecule has 2 heterocycles. The minimum absolute atomic E-state index is 0.106. The van der Waals surface area contributed by atoms with Gasteiger partial charge in [-0.05, 0) is 54.7 Å². The van der Waals surface area contributed by atoms with Crippen LogP contribution in [0.5, 0.6) is 0 Å². The Bertz CT molecular complexity index is 675. The highest BCUT2D eigenvalue weighted by Gasteiger charge is 2.20. The van der Waals surface area contributed by atoms with Crippen LogP contribution in [-0.4, -0.2) is 42.9 Å². The van der Waals surface area contributed by atoms with Crippen molar-refractivity contribution < 1.29 is 8.95 Å². The summed E-state index contributed by atoms with van der Waals surface area (Å²) in [6, 6.07) is 6.07. The predicted molar refractivity (Wildman–Crippen MR) is 88.9 cm³/mol. The minimum atomic E-state index is -1.03. The van der Waals surface area contributed by atoms with Crippen molar-refractivity contribution in [1.82, 2.24) is 20.2 Å². The molecule has 1 aromatic heterocycles. The number of aromatic nitrogens is 4. The molecule has 0 amide bonds. The Morgan fingerprint density at radius 1 is 1.30 bits per heavy atom. The van der Waals surface area contributed by atoms with E-state index in [2.05, 4.69) is 15.5 Å². The topological polar surface area (TPSA) is 69.9 Å². The van der Waals surface area contributed by atoms with E-state index >= 15 is 0 Å². The predicted octanol–water partition coefficient (Wildman–Crippen LogP) is 2.10. The smallest absolute Gasteiger partial charge is 0.169 e. The van der Waals surface area contributed by atoms with Crippen molar-refractivity contribution >= 4 is 10.8 Å². The van der Waals surface area contributed by atoms with Crippen LogP contribution in [0.2, 0.25) is 0 Å². The van der Waals surface area contributed by atoms with Crippen LogP contribution in [0.25, 0.3) is 5.69 Å². The average Bonchev–Trinajstić information content (AvgIpc) is 2.96. The molecule has 1 fully saturated rings. The molecule has 0 unspecified atom stereocenters. The number of ether oxygens (including phenoxy) is 1. The number of rotatable bonds is 5. The van der Waals surface area contributed by atoms with Crippen LogP contribution >= 0.6 is 0 Å². The third kappa shape index (κ3) is 3.84. The molecule has 0 bridgehead atoms. The summed E-state index contributed by atoms with van der Waals surface area (Å²) in [4.78, 5) is 0. The molecule has 3 rings (SSSR count). The van der Waals surface area contributed by atoms with Crippen LogP contribution in [-0.2, 0) is 21.3 Å². The zero-order valence-corrected chi connectivity index (χ0v) is 14.4. The van der Waals surface area contributed by atoms with E-state index in [0.29, 0.717) is 17.3 Å². The van der Waals surface area contributed by atoms with E-state index in [4.69, 9.17) is 4.74 Å². The second-order valence-corrected chi connectivity index (χ2v) is 7.49. The first-order chi connectivity index (χ1) is 11.1. The van der Waals surface area contributed by atoms with Gasteiger partial charge < -0.3 is 4.74 Å². The van der Waals surface area contributed by atoms with Crippen LogP contribution in [0.15, 0.2) is 18.2 Å². The van der Waals surface area contributed by atoms with E-state index in [1.807, 2.05) is 32.0 Å². The molecule has 23 heavy (non-hydrogen) atoms. The van der Waals surface area contributed by atoms with Crippen molar-refractivity contribution in [2.75, 3.05) is 12.4 Å². The van der Waals surface area contributed by atoms with Gasteiger partial charge >= 0.3 is 0 Å². The number of benzene rings is 1. The van der Waals surface area contributed by atoms with E-state index in [-0.39, 0.29) is 6.10 Å². The maximum atomic E-state index is 12.5. The number of nitrogens with zero attached hydrogens (tertiary/aromatic N) is 4. The monoisotopic (exact) mass is 334 g/mol. The quantitative estimate of drug-likeness (QED) is 0.837. The maximum Gasteiger partial charge on any atom is 0.169 e. The molecule has 2 atom stereocenters. The fourth-order valence-corrected chi connectivity index (χ4v) is 4.22. The zero-order valence-electron chi connectivity index (χ0n) is 13.6. The number of hydrogen-bond acceptors (Lipinski definition) is 5. The van der Waals surface area contributed by atoms with Crippen molar-refractivity contribution in [2.24, 2.45) is 0 Å². The molecule has 0 radical (unpaired) electrons.